The summed E-state index contributed by atoms with van der Waals surface area (Å²) in [6.45, 7) is 6.10. The van der Waals surface area contributed by atoms with Crippen LogP contribution in [0.25, 0.3) is 0 Å². The van der Waals surface area contributed by atoms with Gasteiger partial charge in [-0.2, -0.15) is 5.10 Å². The Morgan fingerprint density at radius 2 is 1.89 bits per heavy atom. The van der Waals surface area contributed by atoms with Crippen LogP contribution in [-0.2, 0) is 0 Å². The topological polar surface area (TPSA) is 55.9 Å². The third-order valence-electron chi connectivity index (χ3n) is 2.73. The minimum atomic E-state index is 0.271. The number of halogens is 1. The Morgan fingerprint density at radius 1 is 1.28 bits per heavy atom. The molecular weight excluding hydrogens is 339 g/mol. The molecule has 1 aromatic carbocycles. The van der Waals surface area contributed by atoms with Gasteiger partial charge in [0.2, 0.25) is 0 Å². The van der Waals surface area contributed by atoms with Gasteiger partial charge in [-0.3, -0.25) is 0 Å². The van der Waals surface area contributed by atoms with Gasteiger partial charge in [0.1, 0.15) is 0 Å². The molecule has 0 saturated carbocycles. The molecule has 4 nitrogen and oxygen atoms in total. The molecule has 0 saturated heterocycles. The average molecular weight is 356 g/mol. The van der Waals surface area contributed by atoms with Gasteiger partial charge in [-0.05, 0) is 67.6 Å². The van der Waals surface area contributed by atoms with Gasteiger partial charge < -0.3 is 11.1 Å². The van der Waals surface area contributed by atoms with Crippen molar-refractivity contribution in [1.82, 2.24) is 9.78 Å². The predicted octanol–water partition coefficient (Wildman–Crippen LogP) is 3.70. The summed E-state index contributed by atoms with van der Waals surface area (Å²) in [5, 5.41) is 7.79. The summed E-state index contributed by atoms with van der Waals surface area (Å²) >= 11 is 2.29. The Balaban J connectivity index is 2.36. The first-order chi connectivity index (χ1) is 8.49. The summed E-state index contributed by atoms with van der Waals surface area (Å²) in [5.74, 6) is 0.865. The van der Waals surface area contributed by atoms with E-state index in [4.69, 9.17) is 5.73 Å². The standard InChI is InChI=1S/C13H17IN4/c1-8(2)18-13(12(15)9(3)17-18)16-11-6-4-10(14)5-7-11/h4-8,16H,15H2,1-3H3. The fourth-order valence-electron chi connectivity index (χ4n) is 1.73. The number of aromatic nitrogens is 2. The zero-order valence-electron chi connectivity index (χ0n) is 10.7. The second kappa shape index (κ2) is 5.17. The molecular formula is C13H17IN4. The molecule has 0 aliphatic rings. The second-order valence-corrected chi connectivity index (χ2v) is 5.76. The van der Waals surface area contributed by atoms with Gasteiger partial charge in [0.25, 0.3) is 0 Å². The van der Waals surface area contributed by atoms with Crippen molar-refractivity contribution >= 4 is 39.8 Å². The van der Waals surface area contributed by atoms with E-state index in [0.29, 0.717) is 5.69 Å². The van der Waals surface area contributed by atoms with Crippen molar-refractivity contribution < 1.29 is 0 Å². The van der Waals surface area contributed by atoms with Crippen LogP contribution >= 0.6 is 22.6 Å². The van der Waals surface area contributed by atoms with Crippen LogP contribution in [0.2, 0.25) is 0 Å². The first-order valence-electron chi connectivity index (χ1n) is 5.86. The lowest BCUT2D eigenvalue weighted by Gasteiger charge is -2.13. The molecule has 5 heteroatoms. The lowest BCUT2D eigenvalue weighted by atomic mass is 10.3. The van der Waals surface area contributed by atoms with Crippen LogP contribution in [0.5, 0.6) is 0 Å². The monoisotopic (exact) mass is 356 g/mol. The van der Waals surface area contributed by atoms with Gasteiger partial charge in [0.15, 0.2) is 5.82 Å². The smallest absolute Gasteiger partial charge is 0.152 e. The number of hydrogen-bond donors (Lipinski definition) is 2. The first kappa shape index (κ1) is 13.2. The first-order valence-corrected chi connectivity index (χ1v) is 6.94. The van der Waals surface area contributed by atoms with Crippen molar-refractivity contribution in [2.75, 3.05) is 11.1 Å². The molecule has 0 aliphatic carbocycles. The van der Waals surface area contributed by atoms with Crippen molar-refractivity contribution in [3.8, 4) is 0 Å². The number of anilines is 3. The Kier molecular flexibility index (Phi) is 3.79. The maximum atomic E-state index is 6.07. The molecule has 3 N–H and O–H groups in total. The van der Waals surface area contributed by atoms with E-state index in [2.05, 4.69) is 59.0 Å². The average Bonchev–Trinajstić information content (AvgIpc) is 2.60. The van der Waals surface area contributed by atoms with Crippen molar-refractivity contribution in [2.24, 2.45) is 0 Å². The molecule has 0 atom stereocenters. The lowest BCUT2D eigenvalue weighted by molar-refractivity contribution is 0.536. The Hall–Kier alpha value is -1.24. The van der Waals surface area contributed by atoms with Crippen molar-refractivity contribution in [1.29, 1.82) is 0 Å². The van der Waals surface area contributed by atoms with Crippen LogP contribution < -0.4 is 11.1 Å². The summed E-state index contributed by atoms with van der Waals surface area (Å²) < 4.78 is 3.13. The molecule has 18 heavy (non-hydrogen) atoms. The van der Waals surface area contributed by atoms with E-state index in [1.165, 1.54) is 3.57 Å². The van der Waals surface area contributed by atoms with E-state index < -0.39 is 0 Å². The molecule has 0 aliphatic heterocycles. The van der Waals surface area contributed by atoms with E-state index in [9.17, 15) is 0 Å². The van der Waals surface area contributed by atoms with E-state index in [1.807, 2.05) is 23.7 Å². The Morgan fingerprint density at radius 3 is 2.44 bits per heavy atom. The number of nitrogens with two attached hydrogens (primary N) is 1. The lowest BCUT2D eigenvalue weighted by Crippen LogP contribution is -2.08. The molecule has 0 bridgehead atoms. The number of benzene rings is 1. The SMILES string of the molecule is Cc1nn(C(C)C)c(Nc2ccc(I)cc2)c1N. The third-order valence-corrected chi connectivity index (χ3v) is 3.45. The van der Waals surface area contributed by atoms with Crippen LogP contribution in [0.4, 0.5) is 17.2 Å². The summed E-state index contributed by atoms with van der Waals surface area (Å²) in [6.07, 6.45) is 0. The normalized spacial score (nSPS) is 10.9. The molecule has 0 spiro atoms. The predicted molar refractivity (Wildman–Crippen MR) is 84.2 cm³/mol. The summed E-state index contributed by atoms with van der Waals surface area (Å²) in [5.41, 5.74) is 8.66. The van der Waals surface area contributed by atoms with Crippen molar-refractivity contribution in [3.63, 3.8) is 0 Å². The highest BCUT2D eigenvalue weighted by Gasteiger charge is 2.14. The van der Waals surface area contributed by atoms with Crippen LogP contribution in [0.15, 0.2) is 24.3 Å². The van der Waals surface area contributed by atoms with E-state index >= 15 is 0 Å². The quantitative estimate of drug-likeness (QED) is 0.825. The van der Waals surface area contributed by atoms with Gasteiger partial charge >= 0.3 is 0 Å². The van der Waals surface area contributed by atoms with Gasteiger partial charge in [-0.15, -0.1) is 0 Å². The number of hydrogen-bond acceptors (Lipinski definition) is 3. The highest BCUT2D eigenvalue weighted by molar-refractivity contribution is 14.1. The van der Waals surface area contributed by atoms with Crippen LogP contribution in [0.1, 0.15) is 25.6 Å². The number of nitrogens with one attached hydrogen (secondary N) is 1. The molecule has 1 heterocycles. The highest BCUT2D eigenvalue weighted by Crippen LogP contribution is 2.28. The molecule has 96 valence electrons. The van der Waals surface area contributed by atoms with Gasteiger partial charge in [-0.1, -0.05) is 0 Å². The molecule has 2 rings (SSSR count). The summed E-state index contributed by atoms with van der Waals surface area (Å²) in [7, 11) is 0. The van der Waals surface area contributed by atoms with Crippen LogP contribution in [-0.4, -0.2) is 9.78 Å². The van der Waals surface area contributed by atoms with Crippen molar-refractivity contribution in [2.45, 2.75) is 26.8 Å². The summed E-state index contributed by atoms with van der Waals surface area (Å²) in [6, 6.07) is 8.46. The third kappa shape index (κ3) is 2.60. The van der Waals surface area contributed by atoms with Crippen LogP contribution in [0.3, 0.4) is 0 Å². The van der Waals surface area contributed by atoms with Crippen molar-refractivity contribution in [3.05, 3.63) is 33.5 Å². The maximum Gasteiger partial charge on any atom is 0.152 e. The fraction of sp³-hybridized carbons (Fsp3) is 0.308. The maximum absolute atomic E-state index is 6.07. The molecule has 0 unspecified atom stereocenters. The largest absolute Gasteiger partial charge is 0.394 e. The van der Waals surface area contributed by atoms with Gasteiger partial charge in [-0.25, -0.2) is 4.68 Å². The van der Waals surface area contributed by atoms with Gasteiger partial charge in [0, 0.05) is 15.3 Å². The zero-order valence-corrected chi connectivity index (χ0v) is 12.9. The van der Waals surface area contributed by atoms with E-state index in [-0.39, 0.29) is 6.04 Å². The zero-order chi connectivity index (χ0) is 13.3. The molecule has 0 amide bonds. The summed E-state index contributed by atoms with van der Waals surface area (Å²) in [4.78, 5) is 0. The number of rotatable bonds is 3. The Labute approximate surface area is 121 Å². The fourth-order valence-corrected chi connectivity index (χ4v) is 2.09. The van der Waals surface area contributed by atoms with Crippen LogP contribution in [0, 0.1) is 10.5 Å². The minimum Gasteiger partial charge on any atom is -0.394 e. The molecule has 2 aromatic rings. The van der Waals surface area contributed by atoms with Gasteiger partial charge in [0.05, 0.1) is 11.4 Å². The second-order valence-electron chi connectivity index (χ2n) is 4.52. The minimum absolute atomic E-state index is 0.271. The molecule has 0 fully saturated rings. The highest BCUT2D eigenvalue weighted by atomic mass is 127. The molecule has 0 radical (unpaired) electrons. The molecule has 1 aromatic heterocycles. The number of aryl methyl sites for hydroxylation is 1. The van der Waals surface area contributed by atoms with E-state index in [1.54, 1.807) is 0 Å². The Bertz CT molecular complexity index is 543. The van der Waals surface area contributed by atoms with E-state index in [0.717, 1.165) is 17.2 Å². The number of nitrogen functional groups attached to an aromatic ring is 1. The number of nitrogens with zero attached hydrogens (tertiary/aromatic N) is 2.